The van der Waals surface area contributed by atoms with E-state index < -0.39 is 23.0 Å². The van der Waals surface area contributed by atoms with Gasteiger partial charge in [-0.05, 0) is 162 Å². The molecule has 12 heterocycles. The van der Waals surface area contributed by atoms with E-state index in [4.69, 9.17) is 37.9 Å². The first-order valence-electron chi connectivity index (χ1n) is 30.2. The Morgan fingerprint density at radius 3 is 2.16 bits per heavy atom. The fourth-order valence-electron chi connectivity index (χ4n) is 17.0. The van der Waals surface area contributed by atoms with Gasteiger partial charge in [0.15, 0.2) is 5.82 Å². The lowest BCUT2D eigenvalue weighted by Crippen LogP contribution is -2.51. The Hall–Kier alpha value is -6.14. The average molecular weight is 1160 g/mol. The Labute approximate surface area is 490 Å². The van der Waals surface area contributed by atoms with E-state index in [1.807, 2.05) is 12.1 Å². The molecule has 83 heavy (non-hydrogen) atoms. The largest absolute Gasteiger partial charge is 0.508 e. The Morgan fingerprint density at radius 1 is 0.687 bits per heavy atom. The van der Waals surface area contributed by atoms with E-state index in [1.165, 1.54) is 61.2 Å². The molecule has 4 aromatic carbocycles. The van der Waals surface area contributed by atoms with E-state index in [2.05, 4.69) is 52.3 Å². The summed E-state index contributed by atoms with van der Waals surface area (Å²) in [6, 6.07) is 16.2. The number of ether oxygens (including phenoxy) is 1. The van der Waals surface area contributed by atoms with Gasteiger partial charge in [0.05, 0.1) is 44.9 Å². The lowest BCUT2D eigenvalue weighted by Gasteiger charge is -2.39. The second kappa shape index (κ2) is 20.0. The van der Waals surface area contributed by atoms with Crippen molar-refractivity contribution in [3.05, 3.63) is 117 Å². The number of anilines is 3. The number of piperazine rings is 2. The van der Waals surface area contributed by atoms with E-state index in [9.17, 15) is 10.2 Å². The number of nitrogens with zero attached hydrogens (tertiary/aromatic N) is 8. The lowest BCUT2D eigenvalue weighted by atomic mass is 9.92. The second-order valence-electron chi connectivity index (χ2n) is 25.5. The summed E-state index contributed by atoms with van der Waals surface area (Å²) in [5.41, 5.74) is 6.06. The van der Waals surface area contributed by atoms with Crippen molar-refractivity contribution in [1.29, 1.82) is 0 Å². The molecular formula is C65H67Cl2F3N10O3. The van der Waals surface area contributed by atoms with Crippen LogP contribution in [0.25, 0.3) is 49.8 Å². The van der Waals surface area contributed by atoms with Gasteiger partial charge in [0, 0.05) is 120 Å². The summed E-state index contributed by atoms with van der Waals surface area (Å²) in [5.74, 6) is -1.26. The molecule has 430 valence electrons. The summed E-state index contributed by atoms with van der Waals surface area (Å²) >= 11 is 13.7. The van der Waals surface area contributed by atoms with Crippen LogP contribution in [0, 0.1) is 17.5 Å². The van der Waals surface area contributed by atoms with E-state index in [0.717, 1.165) is 126 Å². The monoisotopic (exact) mass is 1160 g/mol. The van der Waals surface area contributed by atoms with Crippen LogP contribution in [0.15, 0.2) is 66.9 Å². The van der Waals surface area contributed by atoms with Crippen LogP contribution in [0.2, 0.25) is 10.0 Å². The molecule has 0 saturated carbocycles. The summed E-state index contributed by atoms with van der Waals surface area (Å²) in [5, 5.41) is 32.5. The second-order valence-corrected chi connectivity index (χ2v) is 26.3. The van der Waals surface area contributed by atoms with Crippen LogP contribution >= 0.6 is 23.2 Å². The third-order valence-electron chi connectivity index (χ3n) is 20.8. The molecule has 8 fully saturated rings. The van der Waals surface area contributed by atoms with Crippen LogP contribution in [0.5, 0.6) is 17.4 Å². The molecule has 9 aliphatic heterocycles. The van der Waals surface area contributed by atoms with Gasteiger partial charge in [-0.15, -0.1) is 0 Å². The molecule has 0 aliphatic carbocycles. The predicted molar refractivity (Wildman–Crippen MR) is 321 cm³/mol. The van der Waals surface area contributed by atoms with Crippen LogP contribution in [0.3, 0.4) is 0 Å². The number of halogens is 5. The molecule has 8 saturated heterocycles. The zero-order chi connectivity index (χ0) is 56.0. The first-order valence-corrected chi connectivity index (χ1v) is 31.0. The molecule has 6 atom stereocenters. The Morgan fingerprint density at radius 2 is 1.40 bits per heavy atom. The SMILES string of the molecule is Oc1cc(-c2ncc3c(N4CC5CCC(C4)N5)cc(/C=C/C45CCCN4C(c4cc(F)c(Cl)c6c(N7CCc8c(N9CC%10CCC(C9)N%10)cc(OCC9%10CCCN9CCC%10)nc8C7)cc(O)cc46)CC5)nc3c2F)c2c(Cl)c(F)ccc2c1. The van der Waals surface area contributed by atoms with E-state index in [0.29, 0.717) is 77.3 Å². The van der Waals surface area contributed by atoms with Gasteiger partial charge in [-0.3, -0.25) is 14.8 Å². The highest BCUT2D eigenvalue weighted by atomic mass is 35.5. The van der Waals surface area contributed by atoms with E-state index >= 15 is 13.2 Å². The summed E-state index contributed by atoms with van der Waals surface area (Å²) in [4.78, 5) is 27.2. The first kappa shape index (κ1) is 52.4. The third-order valence-corrected chi connectivity index (χ3v) is 21.5. The molecule has 7 aromatic rings. The van der Waals surface area contributed by atoms with Gasteiger partial charge in [-0.1, -0.05) is 35.3 Å². The molecule has 9 aliphatic rings. The Bertz CT molecular complexity index is 3840. The number of hydrogen-bond acceptors (Lipinski definition) is 13. The molecule has 13 nitrogen and oxygen atoms in total. The van der Waals surface area contributed by atoms with Crippen molar-refractivity contribution in [2.75, 3.05) is 73.7 Å². The Kier molecular flexibility index (Phi) is 12.6. The van der Waals surface area contributed by atoms with Crippen molar-refractivity contribution in [1.82, 2.24) is 35.4 Å². The highest BCUT2D eigenvalue weighted by Crippen LogP contribution is 2.54. The number of fused-ring (bicyclic) bond motifs is 10. The summed E-state index contributed by atoms with van der Waals surface area (Å²) in [6.07, 6.45) is 19.0. The van der Waals surface area contributed by atoms with E-state index in [-0.39, 0.29) is 55.3 Å². The number of phenols is 2. The number of rotatable bonds is 10. The van der Waals surface area contributed by atoms with Crippen molar-refractivity contribution >= 4 is 78.8 Å². The predicted octanol–water partition coefficient (Wildman–Crippen LogP) is 12.0. The van der Waals surface area contributed by atoms with Crippen LogP contribution in [0.1, 0.15) is 106 Å². The van der Waals surface area contributed by atoms with Gasteiger partial charge in [-0.25, -0.2) is 23.1 Å². The third kappa shape index (κ3) is 8.72. The van der Waals surface area contributed by atoms with Gasteiger partial charge >= 0.3 is 0 Å². The van der Waals surface area contributed by atoms with Crippen molar-refractivity contribution < 1.29 is 28.1 Å². The Balaban J connectivity index is 0.740. The molecule has 3 aromatic heterocycles. The number of phenolic OH excluding ortho intramolecular Hbond substituents is 2. The van der Waals surface area contributed by atoms with Gasteiger partial charge in [0.25, 0.3) is 0 Å². The molecular weight excluding hydrogens is 1100 g/mol. The molecule has 0 radical (unpaired) electrons. The lowest BCUT2D eigenvalue weighted by molar-refractivity contribution is 0.110. The molecule has 4 bridgehead atoms. The summed E-state index contributed by atoms with van der Waals surface area (Å²) < 4.78 is 56.2. The maximum Gasteiger partial charge on any atom is 0.215 e. The highest BCUT2D eigenvalue weighted by Gasteiger charge is 2.49. The highest BCUT2D eigenvalue weighted by molar-refractivity contribution is 6.37. The maximum absolute atomic E-state index is 17.5. The number of hydrogen-bond donors (Lipinski definition) is 4. The van der Waals surface area contributed by atoms with Crippen LogP contribution in [-0.2, 0) is 13.0 Å². The normalized spacial score (nSPS) is 26.6. The minimum absolute atomic E-state index is 0.0304. The molecule has 0 spiro atoms. The molecule has 18 heteroatoms. The van der Waals surface area contributed by atoms with Gasteiger partial charge < -0.3 is 40.3 Å². The van der Waals surface area contributed by atoms with Crippen molar-refractivity contribution in [2.45, 2.75) is 131 Å². The topological polar surface area (TPSA) is 129 Å². The van der Waals surface area contributed by atoms with Gasteiger partial charge in [0.2, 0.25) is 5.88 Å². The zero-order valence-electron chi connectivity index (χ0n) is 46.3. The molecule has 4 N–H and O–H groups in total. The molecule has 0 amide bonds. The van der Waals surface area contributed by atoms with Crippen LogP contribution in [0.4, 0.5) is 30.2 Å². The van der Waals surface area contributed by atoms with Gasteiger partial charge in [0.1, 0.15) is 41.0 Å². The number of benzene rings is 4. The standard InChI is InChI=1S/C65H67Cl2F3N10O3/c66-59-49(68)9-4-36-22-42(81)25-47(57(36)59)62-61(70)63-48(29-71-62)53(77-30-38-5-6-39(31-77)72-38)23-37(74-63)10-16-64-13-3-20-80(64)52(11-17-64)45-27-50(69)60(67)58-46(45)24-43(82)26-55(58)76-21-12-44-51(34-76)75-56(83-35-65-14-1-18-79(65)19-2-15-65)28-54(44)78-32-40-7-8-41(33-78)73-40/h4,9-10,16,22-29,38-41,52,72-73,81-82H,1-3,5-8,11-15,17-21,30-35H2/b16-10+. The number of pyridine rings is 3. The van der Waals surface area contributed by atoms with Gasteiger partial charge in [-0.2, -0.15) is 0 Å². The fraction of sp³-hybridized carbons (Fsp3) is 0.462. The number of nitrogens with one attached hydrogen (secondary N) is 2. The summed E-state index contributed by atoms with van der Waals surface area (Å²) in [7, 11) is 0. The van der Waals surface area contributed by atoms with Crippen molar-refractivity contribution in [3.8, 4) is 28.6 Å². The molecule has 6 unspecified atom stereocenters. The van der Waals surface area contributed by atoms with Crippen molar-refractivity contribution in [2.24, 2.45) is 0 Å². The fourth-order valence-corrected chi connectivity index (χ4v) is 17.5. The van der Waals surface area contributed by atoms with Crippen LogP contribution in [-0.4, -0.2) is 129 Å². The van der Waals surface area contributed by atoms with E-state index in [1.54, 1.807) is 24.4 Å². The van der Waals surface area contributed by atoms with Crippen LogP contribution < -0.4 is 30.1 Å². The smallest absolute Gasteiger partial charge is 0.215 e. The maximum atomic E-state index is 17.5. The summed E-state index contributed by atoms with van der Waals surface area (Å²) in [6.45, 7) is 8.09. The van der Waals surface area contributed by atoms with Crippen molar-refractivity contribution in [3.63, 3.8) is 0 Å². The average Bonchev–Trinajstić information content (AvgIpc) is 2.89. The number of aromatic hydroxyl groups is 2. The molecule has 16 rings (SSSR count). The first-order chi connectivity index (χ1) is 40.3. The minimum atomic E-state index is -0.699. The quantitative estimate of drug-likeness (QED) is 0.104. The number of aromatic nitrogens is 3. The zero-order valence-corrected chi connectivity index (χ0v) is 47.9. The minimum Gasteiger partial charge on any atom is -0.508 e.